The third-order valence-electron chi connectivity index (χ3n) is 4.32. The van der Waals surface area contributed by atoms with Gasteiger partial charge in [-0.3, -0.25) is 9.59 Å². The Bertz CT molecular complexity index is 896. The van der Waals surface area contributed by atoms with Crippen molar-refractivity contribution in [3.63, 3.8) is 0 Å². The molecule has 1 aromatic carbocycles. The maximum absolute atomic E-state index is 12.7. The molecular formula is C20H23NO6. The van der Waals surface area contributed by atoms with Gasteiger partial charge >= 0.3 is 5.97 Å². The molecule has 1 heterocycles. The largest absolute Gasteiger partial charge is 0.497 e. The number of aromatic nitrogens is 1. The number of carbonyl (C=O) groups excluding carboxylic acids is 3. The van der Waals surface area contributed by atoms with Crippen molar-refractivity contribution >= 4 is 17.5 Å². The molecule has 144 valence electrons. The van der Waals surface area contributed by atoms with Crippen LogP contribution < -0.4 is 9.47 Å². The summed E-state index contributed by atoms with van der Waals surface area (Å²) in [5.74, 6) is -0.487. The molecule has 0 radical (unpaired) electrons. The van der Waals surface area contributed by atoms with E-state index in [9.17, 15) is 14.4 Å². The van der Waals surface area contributed by atoms with Gasteiger partial charge in [0, 0.05) is 11.3 Å². The van der Waals surface area contributed by atoms with Crippen LogP contribution in [0.4, 0.5) is 0 Å². The molecule has 0 saturated heterocycles. The van der Waals surface area contributed by atoms with Crippen LogP contribution in [0.5, 0.6) is 11.5 Å². The number of hydrogen-bond acceptors (Lipinski definition) is 6. The minimum atomic E-state index is -1.05. The van der Waals surface area contributed by atoms with Crippen LogP contribution in [0.2, 0.25) is 0 Å². The van der Waals surface area contributed by atoms with Crippen LogP contribution in [-0.2, 0) is 4.74 Å². The number of nitrogens with one attached hydrogen (secondary N) is 1. The number of H-pyrrole nitrogens is 1. The molecule has 1 unspecified atom stereocenters. The van der Waals surface area contributed by atoms with Crippen molar-refractivity contribution in [2.24, 2.45) is 0 Å². The van der Waals surface area contributed by atoms with E-state index in [1.165, 1.54) is 34.1 Å². The average Bonchev–Trinajstić information content (AvgIpc) is 2.94. The molecule has 0 aliphatic heterocycles. The standard InChI is InChI=1S/C20H23NO6/c1-10-17(12(3)22)11(2)21-18(10)19(23)13(4)27-20(24)15-9-14(25-5)7-8-16(15)26-6/h7-9,13,21H,1-6H3. The molecule has 0 spiro atoms. The lowest BCUT2D eigenvalue weighted by molar-refractivity contribution is 0.0313. The Morgan fingerprint density at radius 1 is 1.07 bits per heavy atom. The minimum absolute atomic E-state index is 0.133. The second-order valence-corrected chi connectivity index (χ2v) is 6.16. The summed E-state index contributed by atoms with van der Waals surface area (Å²) in [7, 11) is 2.91. The van der Waals surface area contributed by atoms with E-state index in [0.717, 1.165) is 0 Å². The second kappa shape index (κ2) is 8.07. The zero-order chi connectivity index (χ0) is 20.3. The van der Waals surface area contributed by atoms with Gasteiger partial charge < -0.3 is 19.2 Å². The van der Waals surface area contributed by atoms with Gasteiger partial charge in [0.2, 0.25) is 5.78 Å². The lowest BCUT2D eigenvalue weighted by Gasteiger charge is -2.14. The fourth-order valence-corrected chi connectivity index (χ4v) is 2.98. The van der Waals surface area contributed by atoms with E-state index in [2.05, 4.69) is 4.98 Å². The number of ether oxygens (including phenoxy) is 3. The molecule has 0 fully saturated rings. The van der Waals surface area contributed by atoms with E-state index in [-0.39, 0.29) is 17.0 Å². The molecule has 2 rings (SSSR count). The molecule has 0 aliphatic rings. The Balaban J connectivity index is 2.26. The first kappa shape index (κ1) is 20.2. The number of rotatable bonds is 7. The number of esters is 1. The zero-order valence-electron chi connectivity index (χ0n) is 16.3. The van der Waals surface area contributed by atoms with Gasteiger partial charge in [-0.1, -0.05) is 0 Å². The molecule has 0 bridgehead atoms. The van der Waals surface area contributed by atoms with E-state index in [1.807, 2.05) is 0 Å². The van der Waals surface area contributed by atoms with Crippen LogP contribution >= 0.6 is 0 Å². The second-order valence-electron chi connectivity index (χ2n) is 6.16. The minimum Gasteiger partial charge on any atom is -0.497 e. The number of hydrogen-bond donors (Lipinski definition) is 1. The summed E-state index contributed by atoms with van der Waals surface area (Å²) < 4.78 is 15.6. The molecule has 27 heavy (non-hydrogen) atoms. The van der Waals surface area contributed by atoms with Gasteiger partial charge in [0.05, 0.1) is 19.9 Å². The quantitative estimate of drug-likeness (QED) is 0.591. The van der Waals surface area contributed by atoms with Crippen LogP contribution in [-0.4, -0.2) is 42.8 Å². The normalized spacial score (nSPS) is 11.6. The average molecular weight is 373 g/mol. The number of benzene rings is 1. The van der Waals surface area contributed by atoms with Crippen LogP contribution in [0.1, 0.15) is 56.3 Å². The van der Waals surface area contributed by atoms with Crippen molar-refractivity contribution in [3.05, 3.63) is 46.3 Å². The van der Waals surface area contributed by atoms with E-state index >= 15 is 0 Å². The molecule has 1 atom stereocenters. The third kappa shape index (κ3) is 4.02. The zero-order valence-corrected chi connectivity index (χ0v) is 16.3. The highest BCUT2D eigenvalue weighted by molar-refractivity contribution is 6.05. The van der Waals surface area contributed by atoms with Gasteiger partial charge in [-0.2, -0.15) is 0 Å². The summed E-state index contributed by atoms with van der Waals surface area (Å²) in [6.45, 7) is 6.33. The Morgan fingerprint density at radius 2 is 1.74 bits per heavy atom. The van der Waals surface area contributed by atoms with E-state index in [4.69, 9.17) is 14.2 Å². The van der Waals surface area contributed by atoms with Gasteiger partial charge in [0.1, 0.15) is 17.1 Å². The molecule has 0 saturated carbocycles. The highest BCUT2D eigenvalue weighted by Gasteiger charge is 2.27. The van der Waals surface area contributed by atoms with Crippen molar-refractivity contribution in [2.75, 3.05) is 14.2 Å². The molecule has 0 amide bonds. The van der Waals surface area contributed by atoms with Gasteiger partial charge in [0.25, 0.3) is 0 Å². The van der Waals surface area contributed by atoms with Crippen molar-refractivity contribution < 1.29 is 28.6 Å². The lowest BCUT2D eigenvalue weighted by atomic mass is 10.0. The summed E-state index contributed by atoms with van der Waals surface area (Å²) in [4.78, 5) is 39.9. The van der Waals surface area contributed by atoms with Crippen LogP contribution in [0.15, 0.2) is 18.2 Å². The lowest BCUT2D eigenvalue weighted by Crippen LogP contribution is -2.25. The number of ketones is 2. The van der Waals surface area contributed by atoms with E-state index in [0.29, 0.717) is 28.3 Å². The maximum Gasteiger partial charge on any atom is 0.342 e. The SMILES string of the molecule is COc1ccc(OC)c(C(=O)OC(C)C(=O)c2[nH]c(C)c(C(C)=O)c2C)c1. The molecule has 0 aliphatic carbocycles. The monoisotopic (exact) mass is 373 g/mol. The predicted octanol–water partition coefficient (Wildman–Crippen LogP) is 3.28. The first-order valence-corrected chi connectivity index (χ1v) is 8.38. The number of methoxy groups -OCH3 is 2. The number of aromatic amines is 1. The Labute approximate surface area is 157 Å². The number of Topliss-reactive ketones (excluding diaryl/α,β-unsaturated/α-hetero) is 2. The first-order valence-electron chi connectivity index (χ1n) is 8.38. The predicted molar refractivity (Wildman–Crippen MR) is 99.0 cm³/mol. The third-order valence-corrected chi connectivity index (χ3v) is 4.32. The molecular weight excluding hydrogens is 350 g/mol. The van der Waals surface area contributed by atoms with Gasteiger partial charge in [0.15, 0.2) is 11.9 Å². The Morgan fingerprint density at radius 3 is 2.26 bits per heavy atom. The Kier molecular flexibility index (Phi) is 6.05. The highest BCUT2D eigenvalue weighted by Crippen LogP contribution is 2.26. The highest BCUT2D eigenvalue weighted by atomic mass is 16.5. The van der Waals surface area contributed by atoms with Gasteiger partial charge in [-0.15, -0.1) is 0 Å². The van der Waals surface area contributed by atoms with Crippen LogP contribution in [0, 0.1) is 13.8 Å². The maximum atomic E-state index is 12.7. The topological polar surface area (TPSA) is 94.7 Å². The molecule has 7 heteroatoms. The Hall–Kier alpha value is -3.09. The number of aryl methyl sites for hydroxylation is 1. The summed E-state index contributed by atoms with van der Waals surface area (Å²) >= 11 is 0. The van der Waals surface area contributed by atoms with Gasteiger partial charge in [-0.25, -0.2) is 4.79 Å². The molecule has 1 aromatic heterocycles. The van der Waals surface area contributed by atoms with Crippen molar-refractivity contribution in [3.8, 4) is 11.5 Å². The van der Waals surface area contributed by atoms with Crippen molar-refractivity contribution in [2.45, 2.75) is 33.8 Å². The summed E-state index contributed by atoms with van der Waals surface area (Å²) in [6.07, 6.45) is -1.05. The van der Waals surface area contributed by atoms with Crippen LogP contribution in [0.3, 0.4) is 0 Å². The first-order chi connectivity index (χ1) is 12.7. The van der Waals surface area contributed by atoms with Crippen molar-refractivity contribution in [1.82, 2.24) is 4.98 Å². The van der Waals surface area contributed by atoms with E-state index < -0.39 is 17.9 Å². The molecule has 7 nitrogen and oxygen atoms in total. The van der Waals surface area contributed by atoms with Crippen LogP contribution in [0.25, 0.3) is 0 Å². The van der Waals surface area contributed by atoms with Crippen molar-refractivity contribution in [1.29, 1.82) is 0 Å². The molecule has 1 N–H and O–H groups in total. The van der Waals surface area contributed by atoms with E-state index in [1.54, 1.807) is 26.0 Å². The van der Waals surface area contributed by atoms with Gasteiger partial charge in [-0.05, 0) is 51.5 Å². The summed E-state index contributed by atoms with van der Waals surface area (Å²) in [5.41, 5.74) is 2.05. The molecule has 2 aromatic rings. The summed E-state index contributed by atoms with van der Waals surface area (Å²) in [5, 5.41) is 0. The fourth-order valence-electron chi connectivity index (χ4n) is 2.98. The smallest absolute Gasteiger partial charge is 0.342 e. The fraction of sp³-hybridized carbons (Fsp3) is 0.350. The number of carbonyl (C=O) groups is 3. The summed E-state index contributed by atoms with van der Waals surface area (Å²) in [6, 6.07) is 4.72.